The number of hydrogen-bond acceptors (Lipinski definition) is 2. The Morgan fingerprint density at radius 2 is 1.93 bits per heavy atom. The molecule has 0 aromatic carbocycles. The molecule has 1 heterocycles. The molecule has 2 unspecified atom stereocenters. The first-order chi connectivity index (χ1) is 6.70. The summed E-state index contributed by atoms with van der Waals surface area (Å²) in [6.07, 6.45) is 2.93. The van der Waals surface area contributed by atoms with Gasteiger partial charge in [0.15, 0.2) is 0 Å². The molecular formula is C10H18N2O2. The Morgan fingerprint density at radius 3 is 2.57 bits per heavy atom. The molecule has 1 aliphatic heterocycles. The number of nitrogens with one attached hydrogen (secondary N) is 1. The maximum atomic E-state index is 11.5. The molecule has 4 heteroatoms. The van der Waals surface area contributed by atoms with E-state index >= 15 is 0 Å². The highest BCUT2D eigenvalue weighted by Gasteiger charge is 2.41. The van der Waals surface area contributed by atoms with Crippen LogP contribution in [0.15, 0.2) is 0 Å². The van der Waals surface area contributed by atoms with Gasteiger partial charge in [-0.05, 0) is 12.8 Å². The lowest BCUT2D eigenvalue weighted by atomic mass is 10.0. The van der Waals surface area contributed by atoms with Crippen LogP contribution < -0.4 is 5.32 Å². The lowest BCUT2D eigenvalue weighted by Gasteiger charge is -2.31. The van der Waals surface area contributed by atoms with Gasteiger partial charge in [-0.15, -0.1) is 0 Å². The Labute approximate surface area is 84.7 Å². The molecule has 2 aliphatic rings. The van der Waals surface area contributed by atoms with Gasteiger partial charge in [-0.3, -0.25) is 9.69 Å². The fourth-order valence-electron chi connectivity index (χ4n) is 2.03. The molecule has 0 aromatic heterocycles. The lowest BCUT2D eigenvalue weighted by molar-refractivity contribution is -0.133. The Bertz CT molecular complexity index is 240. The molecule has 1 saturated heterocycles. The number of nitrogens with zero attached hydrogens (tertiary/aromatic N) is 1. The van der Waals surface area contributed by atoms with E-state index in [1.165, 1.54) is 11.9 Å². The molecule has 2 atom stereocenters. The second-order valence-corrected chi connectivity index (χ2v) is 3.49. The van der Waals surface area contributed by atoms with Crippen molar-refractivity contribution in [2.45, 2.75) is 39.2 Å². The fraction of sp³-hybridized carbons (Fsp3) is 0.800. The van der Waals surface area contributed by atoms with E-state index in [2.05, 4.69) is 5.32 Å². The Kier molecular flexibility index (Phi) is 3.49. The number of carbonyl (C=O) groups is 2. The highest BCUT2D eigenvalue weighted by Crippen LogP contribution is 2.29. The van der Waals surface area contributed by atoms with Gasteiger partial charge in [-0.1, -0.05) is 20.3 Å². The van der Waals surface area contributed by atoms with Crippen molar-refractivity contribution in [1.82, 2.24) is 10.2 Å². The van der Waals surface area contributed by atoms with Gasteiger partial charge in [0.25, 0.3) is 0 Å². The molecule has 3 amide bonds. The minimum absolute atomic E-state index is 0.0127. The minimum Gasteiger partial charge on any atom is -0.334 e. The summed E-state index contributed by atoms with van der Waals surface area (Å²) in [4.78, 5) is 23.8. The van der Waals surface area contributed by atoms with Crippen molar-refractivity contribution in [1.29, 1.82) is 0 Å². The number of urea groups is 1. The molecule has 2 fully saturated rings. The number of fused-ring (bicyclic) bond motifs is 1. The van der Waals surface area contributed by atoms with E-state index in [0.29, 0.717) is 0 Å². The van der Waals surface area contributed by atoms with Crippen molar-refractivity contribution in [2.24, 2.45) is 5.92 Å². The largest absolute Gasteiger partial charge is 0.334 e. The zero-order valence-corrected chi connectivity index (χ0v) is 9.04. The predicted octanol–water partition coefficient (Wildman–Crippen LogP) is 1.36. The molecular weight excluding hydrogens is 180 g/mol. The molecule has 1 aliphatic carbocycles. The topological polar surface area (TPSA) is 49.4 Å². The zero-order chi connectivity index (χ0) is 10.7. The third-order valence-electron chi connectivity index (χ3n) is 2.78. The Balaban J connectivity index is 0.000000461. The quantitative estimate of drug-likeness (QED) is 0.639. The third-order valence-corrected chi connectivity index (χ3v) is 2.78. The van der Waals surface area contributed by atoms with Gasteiger partial charge in [0, 0.05) is 13.1 Å². The fourth-order valence-corrected chi connectivity index (χ4v) is 2.03. The van der Waals surface area contributed by atoms with Crippen LogP contribution in [0.3, 0.4) is 0 Å². The number of imide groups is 1. The Morgan fingerprint density at radius 1 is 1.29 bits per heavy atom. The standard InChI is InChI=1S/C8H12N2O2.C2H6/c1-10-7(11)5-3-2-4-6(5)9-8(10)12;1-2/h5-6H,2-4H2,1H3,(H,9,12);1-2H3. The molecule has 0 spiro atoms. The Hall–Kier alpha value is -1.06. The van der Waals surface area contributed by atoms with Crippen molar-refractivity contribution < 1.29 is 9.59 Å². The van der Waals surface area contributed by atoms with E-state index in [1.807, 2.05) is 13.8 Å². The van der Waals surface area contributed by atoms with Gasteiger partial charge < -0.3 is 5.32 Å². The molecule has 1 N–H and O–H groups in total. The number of hydrogen-bond donors (Lipinski definition) is 1. The SMILES string of the molecule is CC.CN1C(=O)NC2CCCC2C1=O. The molecule has 80 valence electrons. The summed E-state index contributed by atoms with van der Waals surface area (Å²) in [7, 11) is 1.53. The maximum Gasteiger partial charge on any atom is 0.324 e. The molecule has 4 nitrogen and oxygen atoms in total. The smallest absolute Gasteiger partial charge is 0.324 e. The summed E-state index contributed by atoms with van der Waals surface area (Å²) in [5.41, 5.74) is 0. The van der Waals surface area contributed by atoms with E-state index in [9.17, 15) is 9.59 Å². The highest BCUT2D eigenvalue weighted by molar-refractivity contribution is 5.98. The molecule has 2 rings (SSSR count). The van der Waals surface area contributed by atoms with E-state index in [4.69, 9.17) is 0 Å². The minimum atomic E-state index is -0.247. The van der Waals surface area contributed by atoms with Crippen molar-refractivity contribution in [2.75, 3.05) is 7.05 Å². The van der Waals surface area contributed by atoms with Crippen LogP contribution in [0, 0.1) is 5.92 Å². The molecule has 0 bridgehead atoms. The second kappa shape index (κ2) is 4.44. The summed E-state index contributed by atoms with van der Waals surface area (Å²) in [6, 6.07) is -0.135. The highest BCUT2D eigenvalue weighted by atomic mass is 16.2. The number of amides is 3. The van der Waals surface area contributed by atoms with Gasteiger partial charge in [0.2, 0.25) is 5.91 Å². The van der Waals surface area contributed by atoms with Crippen LogP contribution in [0.4, 0.5) is 4.79 Å². The third kappa shape index (κ3) is 1.74. The summed E-state index contributed by atoms with van der Waals surface area (Å²) >= 11 is 0. The van der Waals surface area contributed by atoms with Crippen LogP contribution in [0.2, 0.25) is 0 Å². The van der Waals surface area contributed by atoms with Crippen molar-refractivity contribution in [3.63, 3.8) is 0 Å². The monoisotopic (exact) mass is 198 g/mol. The van der Waals surface area contributed by atoms with Crippen molar-refractivity contribution in [3.8, 4) is 0 Å². The first kappa shape index (κ1) is 11.0. The van der Waals surface area contributed by atoms with Crippen molar-refractivity contribution >= 4 is 11.9 Å². The normalized spacial score (nSPS) is 30.4. The number of carbonyl (C=O) groups excluding carboxylic acids is 2. The maximum absolute atomic E-state index is 11.5. The number of rotatable bonds is 0. The molecule has 0 radical (unpaired) electrons. The van der Waals surface area contributed by atoms with Crippen LogP contribution >= 0.6 is 0 Å². The van der Waals surface area contributed by atoms with Gasteiger partial charge in [-0.25, -0.2) is 4.79 Å². The van der Waals surface area contributed by atoms with Gasteiger partial charge >= 0.3 is 6.03 Å². The van der Waals surface area contributed by atoms with E-state index in [1.54, 1.807) is 0 Å². The average Bonchev–Trinajstić information content (AvgIpc) is 2.65. The summed E-state index contributed by atoms with van der Waals surface area (Å²) < 4.78 is 0. The van der Waals surface area contributed by atoms with Gasteiger partial charge in [0.05, 0.1) is 5.92 Å². The van der Waals surface area contributed by atoms with Crippen LogP contribution in [0.5, 0.6) is 0 Å². The van der Waals surface area contributed by atoms with Crippen molar-refractivity contribution in [3.05, 3.63) is 0 Å². The van der Waals surface area contributed by atoms with Gasteiger partial charge in [-0.2, -0.15) is 0 Å². The summed E-state index contributed by atoms with van der Waals surface area (Å²) in [6.45, 7) is 4.00. The van der Waals surface area contributed by atoms with Crippen LogP contribution in [-0.2, 0) is 4.79 Å². The second-order valence-electron chi connectivity index (χ2n) is 3.49. The molecule has 0 aromatic rings. The molecule has 1 saturated carbocycles. The first-order valence-corrected chi connectivity index (χ1v) is 5.28. The van der Waals surface area contributed by atoms with Gasteiger partial charge in [0.1, 0.15) is 0 Å². The lowest BCUT2D eigenvalue weighted by Crippen LogP contribution is -2.56. The zero-order valence-electron chi connectivity index (χ0n) is 9.04. The average molecular weight is 198 g/mol. The van der Waals surface area contributed by atoms with E-state index in [-0.39, 0.29) is 23.9 Å². The predicted molar refractivity (Wildman–Crippen MR) is 53.8 cm³/mol. The van der Waals surface area contributed by atoms with Crippen LogP contribution in [0.25, 0.3) is 0 Å². The summed E-state index contributed by atoms with van der Waals surface area (Å²) in [5.74, 6) is 0.0361. The summed E-state index contributed by atoms with van der Waals surface area (Å²) in [5, 5.41) is 2.82. The van der Waals surface area contributed by atoms with E-state index in [0.717, 1.165) is 19.3 Å². The molecule has 14 heavy (non-hydrogen) atoms. The first-order valence-electron chi connectivity index (χ1n) is 5.28. The van der Waals surface area contributed by atoms with Crippen LogP contribution in [-0.4, -0.2) is 29.9 Å². The van der Waals surface area contributed by atoms with Crippen LogP contribution in [0.1, 0.15) is 33.1 Å². The van der Waals surface area contributed by atoms with E-state index < -0.39 is 0 Å².